The Morgan fingerprint density at radius 1 is 0.967 bits per heavy atom. The number of para-hydroxylation sites is 2. The third-order valence-corrected chi connectivity index (χ3v) is 6.14. The highest BCUT2D eigenvalue weighted by Crippen LogP contribution is 2.37. The summed E-state index contributed by atoms with van der Waals surface area (Å²) in [6.07, 6.45) is 1.92. The zero-order chi connectivity index (χ0) is 20.7. The molecule has 0 spiro atoms. The van der Waals surface area contributed by atoms with E-state index in [1.165, 1.54) is 16.3 Å². The molecule has 148 valence electrons. The van der Waals surface area contributed by atoms with Gasteiger partial charge in [-0.25, -0.2) is 9.97 Å². The Bertz CT molecular complexity index is 1450. The van der Waals surface area contributed by atoms with E-state index >= 15 is 0 Å². The van der Waals surface area contributed by atoms with Crippen LogP contribution in [0.15, 0.2) is 63.3 Å². The second-order valence-electron chi connectivity index (χ2n) is 7.20. The maximum Gasteiger partial charge on any atom is 0.262 e. The Labute approximate surface area is 175 Å². The van der Waals surface area contributed by atoms with Crippen LogP contribution in [-0.2, 0) is 12.3 Å². The summed E-state index contributed by atoms with van der Waals surface area (Å²) in [5, 5.41) is 10.9. The fourth-order valence-corrected chi connectivity index (χ4v) is 4.58. The second kappa shape index (κ2) is 7.43. The fourth-order valence-electron chi connectivity index (χ4n) is 3.57. The molecule has 1 aliphatic carbocycles. The van der Waals surface area contributed by atoms with Gasteiger partial charge >= 0.3 is 0 Å². The van der Waals surface area contributed by atoms with E-state index in [-0.39, 0.29) is 23.7 Å². The van der Waals surface area contributed by atoms with Gasteiger partial charge in [0.2, 0.25) is 0 Å². The minimum Gasteiger partial charge on any atom is -0.284 e. The summed E-state index contributed by atoms with van der Waals surface area (Å²) in [7, 11) is 0. The van der Waals surface area contributed by atoms with Gasteiger partial charge < -0.3 is 0 Å². The van der Waals surface area contributed by atoms with Crippen molar-refractivity contribution in [2.75, 3.05) is 0 Å². The molecule has 2 aromatic carbocycles. The van der Waals surface area contributed by atoms with Gasteiger partial charge in [-0.3, -0.25) is 18.7 Å². The maximum absolute atomic E-state index is 13.0. The van der Waals surface area contributed by atoms with Crippen molar-refractivity contribution in [3.05, 3.63) is 75.1 Å². The van der Waals surface area contributed by atoms with E-state index in [9.17, 15) is 14.9 Å². The Morgan fingerprint density at radius 2 is 1.60 bits per heavy atom. The first-order chi connectivity index (χ1) is 14.7. The van der Waals surface area contributed by atoms with Gasteiger partial charge in [0.05, 0.1) is 33.6 Å². The summed E-state index contributed by atoms with van der Waals surface area (Å²) < 4.78 is 3.16. The first-order valence-electron chi connectivity index (χ1n) is 9.67. The maximum atomic E-state index is 13.0. The van der Waals surface area contributed by atoms with Crippen molar-refractivity contribution in [3.63, 3.8) is 0 Å². The molecule has 0 radical (unpaired) electrons. The average Bonchev–Trinajstić information content (AvgIpc) is 3.60. The smallest absolute Gasteiger partial charge is 0.262 e. The summed E-state index contributed by atoms with van der Waals surface area (Å²) in [6, 6.07) is 16.7. The summed E-state index contributed by atoms with van der Waals surface area (Å²) in [6.45, 7) is -0.0762. The molecular formula is C22H17N5O2S. The standard InChI is InChI=1S/C22H17N5O2S/c23-11-12-26-19(24-17-7-3-1-5-15(17)20(26)28)13-30-22-25-18-8-4-2-6-16(18)21(29)27(22)14-9-10-14/h1-8,14H,9-10,12-13H2. The lowest BCUT2D eigenvalue weighted by Crippen LogP contribution is -2.25. The van der Waals surface area contributed by atoms with Crippen LogP contribution in [0.1, 0.15) is 24.7 Å². The Kier molecular flexibility index (Phi) is 4.60. The molecule has 1 fully saturated rings. The van der Waals surface area contributed by atoms with E-state index in [1.54, 1.807) is 28.8 Å². The summed E-state index contributed by atoms with van der Waals surface area (Å²) in [4.78, 5) is 35.2. The number of nitrogens with zero attached hydrogens (tertiary/aromatic N) is 5. The van der Waals surface area contributed by atoms with Crippen LogP contribution in [0.4, 0.5) is 0 Å². The van der Waals surface area contributed by atoms with Crippen LogP contribution in [-0.4, -0.2) is 19.1 Å². The molecule has 1 aliphatic rings. The third-order valence-electron chi connectivity index (χ3n) is 5.19. The van der Waals surface area contributed by atoms with E-state index < -0.39 is 0 Å². The van der Waals surface area contributed by atoms with E-state index in [2.05, 4.69) is 4.98 Å². The van der Waals surface area contributed by atoms with Crippen molar-refractivity contribution in [2.24, 2.45) is 0 Å². The Hall–Kier alpha value is -3.44. The summed E-state index contributed by atoms with van der Waals surface area (Å²) in [5.74, 6) is 0.828. The van der Waals surface area contributed by atoms with Gasteiger partial charge in [-0.1, -0.05) is 36.0 Å². The highest BCUT2D eigenvalue weighted by atomic mass is 32.2. The highest BCUT2D eigenvalue weighted by Gasteiger charge is 2.28. The van der Waals surface area contributed by atoms with Crippen LogP contribution < -0.4 is 11.1 Å². The lowest BCUT2D eigenvalue weighted by Gasteiger charge is -2.14. The lowest BCUT2D eigenvalue weighted by molar-refractivity contribution is 0.617. The fraction of sp³-hybridized carbons (Fsp3) is 0.227. The van der Waals surface area contributed by atoms with Gasteiger partial charge in [-0.15, -0.1) is 0 Å². The molecule has 2 aromatic heterocycles. The van der Waals surface area contributed by atoms with Crippen molar-refractivity contribution in [1.82, 2.24) is 19.1 Å². The molecule has 8 heteroatoms. The molecular weight excluding hydrogens is 398 g/mol. The molecule has 0 atom stereocenters. The number of thioether (sulfide) groups is 1. The molecule has 0 saturated heterocycles. The first kappa shape index (κ1) is 18.6. The lowest BCUT2D eigenvalue weighted by atomic mass is 10.2. The van der Waals surface area contributed by atoms with Crippen molar-refractivity contribution in [3.8, 4) is 6.07 Å². The predicted octanol–water partition coefficient (Wildman–Crippen LogP) is 3.26. The predicted molar refractivity (Wildman–Crippen MR) is 115 cm³/mol. The van der Waals surface area contributed by atoms with E-state index in [1.807, 2.05) is 30.3 Å². The topological polar surface area (TPSA) is 93.6 Å². The number of aromatic nitrogens is 4. The zero-order valence-electron chi connectivity index (χ0n) is 16.0. The first-order valence-corrected chi connectivity index (χ1v) is 10.7. The highest BCUT2D eigenvalue weighted by molar-refractivity contribution is 7.98. The minimum absolute atomic E-state index is 0.0357. The van der Waals surface area contributed by atoms with Gasteiger partial charge in [0.1, 0.15) is 12.4 Å². The molecule has 30 heavy (non-hydrogen) atoms. The molecule has 0 unspecified atom stereocenters. The van der Waals surface area contributed by atoms with Crippen molar-refractivity contribution < 1.29 is 0 Å². The van der Waals surface area contributed by atoms with Gasteiger partial charge in [0, 0.05) is 6.04 Å². The van der Waals surface area contributed by atoms with Crippen molar-refractivity contribution in [1.29, 1.82) is 5.26 Å². The van der Waals surface area contributed by atoms with Crippen LogP contribution in [0.3, 0.4) is 0 Å². The number of hydrogen-bond acceptors (Lipinski definition) is 6. The molecule has 5 rings (SSSR count). The second-order valence-corrected chi connectivity index (χ2v) is 8.14. The average molecular weight is 415 g/mol. The molecule has 0 amide bonds. The Balaban J connectivity index is 1.59. The molecule has 7 nitrogen and oxygen atoms in total. The van der Waals surface area contributed by atoms with Gasteiger partial charge in [-0.2, -0.15) is 5.26 Å². The number of hydrogen-bond donors (Lipinski definition) is 0. The van der Waals surface area contributed by atoms with E-state index in [4.69, 9.17) is 4.98 Å². The number of nitriles is 1. The summed E-state index contributed by atoms with van der Waals surface area (Å²) in [5.41, 5.74) is 0.983. The normalized spacial score (nSPS) is 13.6. The van der Waals surface area contributed by atoms with Gasteiger partial charge in [0.15, 0.2) is 5.16 Å². The minimum atomic E-state index is -0.233. The van der Waals surface area contributed by atoms with E-state index in [0.29, 0.717) is 38.5 Å². The molecule has 0 bridgehead atoms. The molecule has 0 aliphatic heterocycles. The van der Waals surface area contributed by atoms with Crippen LogP contribution in [0.5, 0.6) is 0 Å². The molecule has 0 N–H and O–H groups in total. The molecule has 4 aromatic rings. The van der Waals surface area contributed by atoms with E-state index in [0.717, 1.165) is 12.8 Å². The Morgan fingerprint density at radius 3 is 2.27 bits per heavy atom. The summed E-state index contributed by atoms with van der Waals surface area (Å²) >= 11 is 1.37. The van der Waals surface area contributed by atoms with Gasteiger partial charge in [0.25, 0.3) is 11.1 Å². The van der Waals surface area contributed by atoms with Crippen LogP contribution in [0.25, 0.3) is 21.8 Å². The quantitative estimate of drug-likeness (QED) is 0.367. The van der Waals surface area contributed by atoms with Crippen LogP contribution in [0.2, 0.25) is 0 Å². The van der Waals surface area contributed by atoms with Crippen molar-refractivity contribution in [2.45, 2.75) is 36.3 Å². The molecule has 2 heterocycles. The van der Waals surface area contributed by atoms with Crippen LogP contribution >= 0.6 is 11.8 Å². The monoisotopic (exact) mass is 415 g/mol. The SMILES string of the molecule is N#CCn1c(CSc2nc3ccccc3c(=O)n2C2CC2)nc2ccccc2c1=O. The van der Waals surface area contributed by atoms with Gasteiger partial charge in [-0.05, 0) is 37.1 Å². The molecule has 1 saturated carbocycles. The largest absolute Gasteiger partial charge is 0.284 e. The number of fused-ring (bicyclic) bond motifs is 2. The van der Waals surface area contributed by atoms with Crippen LogP contribution in [0, 0.1) is 11.3 Å². The van der Waals surface area contributed by atoms with Crippen molar-refractivity contribution >= 4 is 33.6 Å². The third kappa shape index (κ3) is 3.17. The zero-order valence-corrected chi connectivity index (χ0v) is 16.8. The number of benzene rings is 2. The number of rotatable bonds is 5.